The number of rotatable bonds is 14. The maximum absolute atomic E-state index is 13.2. The number of aromatic amines is 1. The monoisotopic (exact) mass is 519 g/mol. The Morgan fingerprint density at radius 2 is 1.59 bits per heavy atom. The summed E-state index contributed by atoms with van der Waals surface area (Å²) >= 11 is 0. The fraction of sp³-hybridized carbons (Fsp3) is 0.458. The molecule has 0 aliphatic rings. The average molecular weight is 520 g/mol. The number of nitrogens with two attached hydrogens (primary N) is 1. The Hall–Kier alpha value is -3.97. The number of carbonyl (C=O) groups excluding carboxylic acids is 3. The van der Waals surface area contributed by atoms with E-state index in [1.165, 1.54) is 0 Å². The molecule has 0 saturated heterocycles. The first-order valence-corrected chi connectivity index (χ1v) is 11.8. The predicted molar refractivity (Wildman–Crippen MR) is 132 cm³/mol. The molecule has 1 aromatic heterocycles. The minimum absolute atomic E-state index is 0.0287. The number of aliphatic carboxylic acids is 2. The maximum atomic E-state index is 13.2. The van der Waals surface area contributed by atoms with Gasteiger partial charge in [0.2, 0.25) is 17.7 Å². The highest BCUT2D eigenvalue weighted by atomic mass is 16.4. The van der Waals surface area contributed by atoms with Gasteiger partial charge in [-0.1, -0.05) is 38.5 Å². The highest BCUT2D eigenvalue weighted by Crippen LogP contribution is 2.19. The summed E-state index contributed by atoms with van der Waals surface area (Å²) in [7, 11) is 0. The molecule has 202 valence electrons. The number of nitrogens with one attached hydrogen (secondary N) is 4. The van der Waals surface area contributed by atoms with E-state index in [0.29, 0.717) is 12.0 Å². The molecule has 3 amide bonds. The number of H-pyrrole nitrogens is 1. The van der Waals surface area contributed by atoms with Gasteiger partial charge >= 0.3 is 11.9 Å². The smallest absolute Gasteiger partial charge is 0.326 e. The van der Waals surface area contributed by atoms with Crippen molar-refractivity contribution in [3.05, 3.63) is 36.0 Å². The minimum Gasteiger partial charge on any atom is -0.481 e. The van der Waals surface area contributed by atoms with E-state index in [9.17, 15) is 34.2 Å². The summed E-state index contributed by atoms with van der Waals surface area (Å²) in [4.78, 5) is 63.9. The number of hydrogen-bond donors (Lipinski definition) is 8. The van der Waals surface area contributed by atoms with Crippen molar-refractivity contribution in [2.75, 3.05) is 6.61 Å². The van der Waals surface area contributed by atoms with E-state index < -0.39 is 72.8 Å². The molecule has 0 aliphatic carbocycles. The largest absolute Gasteiger partial charge is 0.481 e. The Balaban J connectivity index is 2.28. The molecule has 2 rings (SSSR count). The number of carboxylic acids is 2. The summed E-state index contributed by atoms with van der Waals surface area (Å²) < 4.78 is 0. The summed E-state index contributed by atoms with van der Waals surface area (Å²) in [5.74, 6) is -5.63. The summed E-state index contributed by atoms with van der Waals surface area (Å²) in [5.41, 5.74) is 6.97. The number of amides is 3. The lowest BCUT2D eigenvalue weighted by atomic mass is 9.98. The first-order chi connectivity index (χ1) is 17.5. The molecule has 5 atom stereocenters. The van der Waals surface area contributed by atoms with Crippen molar-refractivity contribution in [2.24, 2.45) is 11.7 Å². The van der Waals surface area contributed by atoms with Crippen LogP contribution in [0.2, 0.25) is 0 Å². The number of fused-ring (bicyclic) bond motifs is 1. The van der Waals surface area contributed by atoms with Gasteiger partial charge in [0, 0.05) is 23.5 Å². The first kappa shape index (κ1) is 29.3. The van der Waals surface area contributed by atoms with Crippen molar-refractivity contribution < 1.29 is 39.3 Å². The number of aliphatic hydroxyl groups excluding tert-OH is 1. The molecule has 1 heterocycles. The fourth-order valence-corrected chi connectivity index (χ4v) is 3.69. The predicted octanol–water partition coefficient (Wildman–Crippen LogP) is -0.910. The lowest BCUT2D eigenvalue weighted by molar-refractivity contribution is -0.143. The third-order valence-corrected chi connectivity index (χ3v) is 6.06. The van der Waals surface area contributed by atoms with Gasteiger partial charge in [-0.2, -0.15) is 0 Å². The number of carbonyl (C=O) groups is 5. The molecule has 0 saturated carbocycles. The zero-order chi connectivity index (χ0) is 27.7. The highest BCUT2D eigenvalue weighted by Gasteiger charge is 2.32. The van der Waals surface area contributed by atoms with Gasteiger partial charge in [0.05, 0.1) is 19.1 Å². The highest BCUT2D eigenvalue weighted by molar-refractivity contribution is 5.95. The van der Waals surface area contributed by atoms with E-state index in [1.807, 2.05) is 18.2 Å². The number of aromatic nitrogens is 1. The Morgan fingerprint density at radius 1 is 0.973 bits per heavy atom. The lowest BCUT2D eigenvalue weighted by Crippen LogP contribution is -2.59. The Bertz CT molecular complexity index is 1130. The lowest BCUT2D eigenvalue weighted by Gasteiger charge is -2.26. The van der Waals surface area contributed by atoms with Gasteiger partial charge < -0.3 is 42.0 Å². The average Bonchev–Trinajstić information content (AvgIpc) is 3.26. The SMILES string of the molecule is CCC(C)C(NC(=O)C(Cc1c[nH]c2ccccc12)NC(=O)C(CO)NC(=O)C(N)CC(=O)O)C(=O)O. The van der Waals surface area contributed by atoms with Crippen molar-refractivity contribution in [3.8, 4) is 0 Å². The van der Waals surface area contributed by atoms with Gasteiger partial charge in [0.25, 0.3) is 0 Å². The minimum atomic E-state index is -1.53. The molecule has 2 aromatic rings. The van der Waals surface area contributed by atoms with Gasteiger partial charge in [-0.25, -0.2) is 4.79 Å². The molecule has 9 N–H and O–H groups in total. The van der Waals surface area contributed by atoms with Crippen LogP contribution in [0, 0.1) is 5.92 Å². The Kier molecular flexibility index (Phi) is 10.6. The topological polar surface area (TPSA) is 224 Å². The summed E-state index contributed by atoms with van der Waals surface area (Å²) in [6.45, 7) is 2.59. The zero-order valence-corrected chi connectivity index (χ0v) is 20.6. The molecular formula is C24H33N5O8. The van der Waals surface area contributed by atoms with Crippen LogP contribution < -0.4 is 21.7 Å². The maximum Gasteiger partial charge on any atom is 0.326 e. The van der Waals surface area contributed by atoms with Gasteiger partial charge in [0.1, 0.15) is 18.1 Å². The van der Waals surface area contributed by atoms with Crippen LogP contribution in [0.1, 0.15) is 32.3 Å². The van der Waals surface area contributed by atoms with E-state index in [0.717, 1.165) is 10.9 Å². The van der Waals surface area contributed by atoms with E-state index in [2.05, 4.69) is 20.9 Å². The van der Waals surface area contributed by atoms with Crippen molar-refractivity contribution in [1.82, 2.24) is 20.9 Å². The van der Waals surface area contributed by atoms with Crippen LogP contribution >= 0.6 is 0 Å². The third kappa shape index (κ3) is 8.02. The summed E-state index contributed by atoms with van der Waals surface area (Å²) in [6, 6.07) is 1.80. The molecule has 37 heavy (non-hydrogen) atoms. The van der Waals surface area contributed by atoms with E-state index in [4.69, 9.17) is 10.8 Å². The quantitative estimate of drug-likeness (QED) is 0.154. The van der Waals surface area contributed by atoms with Gasteiger partial charge in [-0.15, -0.1) is 0 Å². The molecule has 13 nitrogen and oxygen atoms in total. The van der Waals surface area contributed by atoms with Crippen LogP contribution in [0.3, 0.4) is 0 Å². The van der Waals surface area contributed by atoms with Crippen molar-refractivity contribution in [1.29, 1.82) is 0 Å². The summed E-state index contributed by atoms with van der Waals surface area (Å²) in [6.07, 6.45) is 1.42. The number of hydrogen-bond acceptors (Lipinski definition) is 7. The van der Waals surface area contributed by atoms with Crippen LogP contribution in [-0.4, -0.2) is 80.7 Å². The number of benzene rings is 1. The second-order valence-corrected chi connectivity index (χ2v) is 8.78. The van der Waals surface area contributed by atoms with Gasteiger partial charge in [0.15, 0.2) is 0 Å². The normalized spacial score (nSPS) is 15.1. The molecular weight excluding hydrogens is 486 g/mol. The van der Waals surface area contributed by atoms with Crippen molar-refractivity contribution in [2.45, 2.75) is 57.3 Å². The van der Waals surface area contributed by atoms with Crippen LogP contribution in [0.5, 0.6) is 0 Å². The van der Waals surface area contributed by atoms with Gasteiger partial charge in [-0.3, -0.25) is 19.2 Å². The standard InChI is InChI=1S/C24H33N5O8/c1-3-12(2)20(24(36)37)29-22(34)17(8-13-10-26-16-7-5-4-6-14(13)16)27-23(35)18(11-30)28-21(33)15(25)9-19(31)32/h4-7,10,12,15,17-18,20,26,30H,3,8-9,11,25H2,1-2H3,(H,27,35)(H,28,33)(H,29,34)(H,31,32)(H,36,37). The molecule has 0 bridgehead atoms. The number of para-hydroxylation sites is 1. The van der Waals surface area contributed by atoms with Crippen LogP contribution in [0.4, 0.5) is 0 Å². The van der Waals surface area contributed by atoms with Gasteiger partial charge in [-0.05, 0) is 17.5 Å². The molecule has 5 unspecified atom stereocenters. The van der Waals surface area contributed by atoms with E-state index in [-0.39, 0.29) is 6.42 Å². The third-order valence-electron chi connectivity index (χ3n) is 6.06. The molecule has 0 aliphatic heterocycles. The second kappa shape index (κ2) is 13.4. The van der Waals surface area contributed by atoms with E-state index in [1.54, 1.807) is 26.1 Å². The van der Waals surface area contributed by atoms with Crippen LogP contribution in [-0.2, 0) is 30.4 Å². The first-order valence-electron chi connectivity index (χ1n) is 11.8. The Labute approximate surface area is 212 Å². The number of aliphatic hydroxyl groups is 1. The number of carboxylic acid groups (broad SMARTS) is 2. The molecule has 0 radical (unpaired) electrons. The molecule has 0 spiro atoms. The molecule has 13 heteroatoms. The van der Waals surface area contributed by atoms with Crippen LogP contribution in [0.15, 0.2) is 30.5 Å². The Morgan fingerprint density at radius 3 is 2.19 bits per heavy atom. The fourth-order valence-electron chi connectivity index (χ4n) is 3.69. The summed E-state index contributed by atoms with van der Waals surface area (Å²) in [5, 5.41) is 35.9. The molecule has 0 fully saturated rings. The van der Waals surface area contributed by atoms with Crippen molar-refractivity contribution in [3.63, 3.8) is 0 Å². The van der Waals surface area contributed by atoms with Crippen molar-refractivity contribution >= 4 is 40.6 Å². The second-order valence-electron chi connectivity index (χ2n) is 8.78. The van der Waals surface area contributed by atoms with E-state index >= 15 is 0 Å². The zero-order valence-electron chi connectivity index (χ0n) is 20.6. The molecule has 1 aromatic carbocycles. The van der Waals surface area contributed by atoms with Crippen LogP contribution in [0.25, 0.3) is 10.9 Å².